The number of aryl methyl sites for hydroxylation is 1. The van der Waals surface area contributed by atoms with Crippen molar-refractivity contribution >= 4 is 61.1 Å². The number of hydrogen-bond acceptors (Lipinski definition) is 6. The topological polar surface area (TPSA) is 74.7 Å². The van der Waals surface area contributed by atoms with Crippen LogP contribution in [0.1, 0.15) is 12.0 Å². The smallest absolute Gasteiger partial charge is 0.242 e. The van der Waals surface area contributed by atoms with Gasteiger partial charge >= 0.3 is 0 Å². The van der Waals surface area contributed by atoms with E-state index < -0.39 is 5.25 Å². The lowest BCUT2D eigenvalue weighted by Gasteiger charge is -2.09. The number of aliphatic imine (C=N–C) groups is 1. The Morgan fingerprint density at radius 2 is 2.07 bits per heavy atom. The Hall–Kier alpha value is -2.71. The zero-order valence-electron chi connectivity index (χ0n) is 15.4. The molecule has 0 radical (unpaired) electrons. The number of carbonyl (C=O) groups excluding carboxylic acids is 2. The minimum absolute atomic E-state index is 0.0979. The molecule has 8 heteroatoms. The lowest BCUT2D eigenvalue weighted by atomic mass is 10.2. The zero-order valence-corrected chi connectivity index (χ0v) is 17.0. The second-order valence-electron chi connectivity index (χ2n) is 6.48. The molecule has 0 bridgehead atoms. The first-order valence-corrected chi connectivity index (χ1v) is 10.4. The van der Waals surface area contributed by atoms with Crippen molar-refractivity contribution in [1.82, 2.24) is 9.88 Å². The summed E-state index contributed by atoms with van der Waals surface area (Å²) in [5.74, 6) is -0.310. The number of aromatic nitrogens is 1. The van der Waals surface area contributed by atoms with Gasteiger partial charge in [-0.05, 0) is 36.8 Å². The van der Waals surface area contributed by atoms with Gasteiger partial charge in [-0.25, -0.2) is 4.98 Å². The third-order valence-corrected chi connectivity index (χ3v) is 6.45. The predicted molar refractivity (Wildman–Crippen MR) is 115 cm³/mol. The maximum Gasteiger partial charge on any atom is 0.242 e. The summed E-state index contributed by atoms with van der Waals surface area (Å²) in [4.78, 5) is 35.4. The van der Waals surface area contributed by atoms with Crippen LogP contribution in [0.2, 0.25) is 0 Å². The minimum Gasteiger partial charge on any atom is -0.326 e. The molecule has 2 aromatic carbocycles. The third-order valence-electron chi connectivity index (χ3n) is 4.29. The van der Waals surface area contributed by atoms with Gasteiger partial charge in [0.15, 0.2) is 5.17 Å². The van der Waals surface area contributed by atoms with Gasteiger partial charge in [-0.3, -0.25) is 14.5 Å². The van der Waals surface area contributed by atoms with Crippen molar-refractivity contribution in [2.75, 3.05) is 12.4 Å². The summed E-state index contributed by atoms with van der Waals surface area (Å²) in [5.41, 5.74) is 2.68. The number of anilines is 1. The van der Waals surface area contributed by atoms with Crippen LogP contribution in [-0.4, -0.2) is 39.2 Å². The quantitative estimate of drug-likeness (QED) is 0.700. The normalized spacial score (nSPS) is 18.2. The number of amides is 2. The van der Waals surface area contributed by atoms with Crippen LogP contribution in [0.3, 0.4) is 0 Å². The Kier molecular flexibility index (Phi) is 5.15. The van der Waals surface area contributed by atoms with Crippen LogP contribution >= 0.6 is 23.1 Å². The first-order valence-electron chi connectivity index (χ1n) is 8.74. The fourth-order valence-corrected chi connectivity index (χ4v) is 4.92. The van der Waals surface area contributed by atoms with Crippen LogP contribution in [-0.2, 0) is 9.59 Å². The Morgan fingerprint density at radius 3 is 2.86 bits per heavy atom. The number of thiazole rings is 1. The van der Waals surface area contributed by atoms with Gasteiger partial charge in [0.05, 0.1) is 10.2 Å². The molecule has 0 spiro atoms. The Morgan fingerprint density at radius 1 is 1.25 bits per heavy atom. The summed E-state index contributed by atoms with van der Waals surface area (Å²) in [6.45, 7) is 1.96. The summed E-state index contributed by atoms with van der Waals surface area (Å²) < 4.78 is 1.05. The molecule has 1 aromatic heterocycles. The van der Waals surface area contributed by atoms with E-state index in [9.17, 15) is 9.59 Å². The third kappa shape index (κ3) is 3.93. The maximum atomic E-state index is 12.5. The first kappa shape index (κ1) is 18.6. The molecule has 142 valence electrons. The fourth-order valence-electron chi connectivity index (χ4n) is 2.89. The number of thioether (sulfide) groups is 1. The van der Waals surface area contributed by atoms with Crippen molar-refractivity contribution < 1.29 is 9.59 Å². The summed E-state index contributed by atoms with van der Waals surface area (Å²) in [7, 11) is 1.68. The van der Waals surface area contributed by atoms with Crippen LogP contribution in [0.5, 0.6) is 0 Å². The average Bonchev–Trinajstić information content (AvgIpc) is 3.18. The molecule has 1 atom stereocenters. The van der Waals surface area contributed by atoms with E-state index in [1.807, 2.05) is 55.5 Å². The van der Waals surface area contributed by atoms with E-state index in [1.165, 1.54) is 28.0 Å². The van der Waals surface area contributed by atoms with Gasteiger partial charge in [-0.15, -0.1) is 0 Å². The van der Waals surface area contributed by atoms with Gasteiger partial charge in [0, 0.05) is 19.2 Å². The number of para-hydroxylation sites is 1. The van der Waals surface area contributed by atoms with E-state index in [0.717, 1.165) is 21.5 Å². The molecule has 1 saturated heterocycles. The number of fused-ring (bicyclic) bond motifs is 1. The van der Waals surface area contributed by atoms with Crippen LogP contribution < -0.4 is 5.32 Å². The SMILES string of the molecule is Cc1cccc(NC(=O)CC2S/C(=N\c3nc4ccccc4s3)N(C)C2=O)c1. The first-order chi connectivity index (χ1) is 13.5. The van der Waals surface area contributed by atoms with Gasteiger partial charge in [-0.1, -0.05) is 47.4 Å². The van der Waals surface area contributed by atoms with E-state index in [1.54, 1.807) is 7.05 Å². The molecular weight excluding hydrogens is 392 g/mol. The molecule has 0 saturated carbocycles. The molecule has 4 rings (SSSR count). The fraction of sp³-hybridized carbons (Fsp3) is 0.200. The molecule has 3 aromatic rings. The van der Waals surface area contributed by atoms with Crippen molar-refractivity contribution in [1.29, 1.82) is 0 Å². The average molecular weight is 411 g/mol. The standard InChI is InChI=1S/C20H18N4O2S2/c1-12-6-5-7-13(10-12)21-17(25)11-16-18(26)24(2)20(28-16)23-19-22-14-8-3-4-9-15(14)27-19/h3-10,16H,11H2,1-2H3,(H,21,25)/b23-20-. The summed E-state index contributed by atoms with van der Waals surface area (Å²) in [5, 5.41) is 3.54. The predicted octanol–water partition coefficient (Wildman–Crippen LogP) is 4.19. The Balaban J connectivity index is 1.46. The highest BCUT2D eigenvalue weighted by molar-refractivity contribution is 8.15. The number of hydrogen-bond donors (Lipinski definition) is 1. The van der Waals surface area contributed by atoms with E-state index in [-0.39, 0.29) is 18.2 Å². The van der Waals surface area contributed by atoms with E-state index in [0.29, 0.717) is 10.3 Å². The van der Waals surface area contributed by atoms with Crippen molar-refractivity contribution in [3.63, 3.8) is 0 Å². The number of carbonyl (C=O) groups is 2. The molecule has 1 fully saturated rings. The number of amidine groups is 1. The monoisotopic (exact) mass is 410 g/mol. The summed E-state index contributed by atoms with van der Waals surface area (Å²) in [6.07, 6.45) is 0.0979. The Bertz CT molecular complexity index is 1060. The molecule has 0 aliphatic carbocycles. The maximum absolute atomic E-state index is 12.5. The summed E-state index contributed by atoms with van der Waals surface area (Å²) in [6, 6.07) is 15.4. The molecule has 1 N–H and O–H groups in total. The number of nitrogens with zero attached hydrogens (tertiary/aromatic N) is 3. The van der Waals surface area contributed by atoms with Crippen molar-refractivity contribution in [2.24, 2.45) is 4.99 Å². The van der Waals surface area contributed by atoms with E-state index in [2.05, 4.69) is 15.3 Å². The van der Waals surface area contributed by atoms with Crippen LogP contribution in [0.15, 0.2) is 53.5 Å². The second-order valence-corrected chi connectivity index (χ2v) is 8.66. The number of rotatable bonds is 4. The molecule has 1 aliphatic heterocycles. The van der Waals surface area contributed by atoms with E-state index >= 15 is 0 Å². The summed E-state index contributed by atoms with van der Waals surface area (Å²) >= 11 is 2.78. The second kappa shape index (κ2) is 7.73. The van der Waals surface area contributed by atoms with Gasteiger partial charge in [0.1, 0.15) is 5.25 Å². The lowest BCUT2D eigenvalue weighted by Crippen LogP contribution is -2.30. The highest BCUT2D eigenvalue weighted by Crippen LogP contribution is 2.33. The highest BCUT2D eigenvalue weighted by Gasteiger charge is 2.37. The number of nitrogens with one attached hydrogen (secondary N) is 1. The minimum atomic E-state index is -0.483. The Labute approximate surface area is 170 Å². The van der Waals surface area contributed by atoms with Crippen LogP contribution in [0, 0.1) is 6.92 Å². The molecule has 2 heterocycles. The van der Waals surface area contributed by atoms with Gasteiger partial charge < -0.3 is 5.32 Å². The lowest BCUT2D eigenvalue weighted by molar-refractivity contribution is -0.127. The van der Waals surface area contributed by atoms with Crippen molar-refractivity contribution in [2.45, 2.75) is 18.6 Å². The molecule has 2 amide bonds. The molecule has 1 unspecified atom stereocenters. The molecular formula is C20H18N4O2S2. The van der Waals surface area contributed by atoms with Crippen molar-refractivity contribution in [3.8, 4) is 0 Å². The van der Waals surface area contributed by atoms with Crippen LogP contribution in [0.25, 0.3) is 10.2 Å². The zero-order chi connectivity index (χ0) is 19.7. The highest BCUT2D eigenvalue weighted by atomic mass is 32.2. The van der Waals surface area contributed by atoms with Crippen molar-refractivity contribution in [3.05, 3.63) is 54.1 Å². The van der Waals surface area contributed by atoms with Gasteiger partial charge in [0.2, 0.25) is 16.9 Å². The number of benzene rings is 2. The van der Waals surface area contributed by atoms with Gasteiger partial charge in [-0.2, -0.15) is 4.99 Å². The van der Waals surface area contributed by atoms with Gasteiger partial charge in [0.25, 0.3) is 0 Å². The molecule has 28 heavy (non-hydrogen) atoms. The molecule has 6 nitrogen and oxygen atoms in total. The molecule has 1 aliphatic rings. The van der Waals surface area contributed by atoms with Crippen LogP contribution in [0.4, 0.5) is 10.8 Å². The largest absolute Gasteiger partial charge is 0.326 e. The van der Waals surface area contributed by atoms with E-state index in [4.69, 9.17) is 0 Å².